The predicted octanol–water partition coefficient (Wildman–Crippen LogP) is 3.92. The minimum atomic E-state index is -0.0458. The summed E-state index contributed by atoms with van der Waals surface area (Å²) in [6.07, 6.45) is 1.68. The summed E-state index contributed by atoms with van der Waals surface area (Å²) in [4.78, 5) is 22.1. The first-order valence-electron chi connectivity index (χ1n) is 9.09. The van der Waals surface area contributed by atoms with Crippen molar-refractivity contribution in [2.45, 2.75) is 27.3 Å². The number of aryl methyl sites for hydroxylation is 1. The smallest absolute Gasteiger partial charge is 0.278 e. The Morgan fingerprint density at radius 1 is 1.11 bits per heavy atom. The van der Waals surface area contributed by atoms with Crippen LogP contribution in [0.1, 0.15) is 31.3 Å². The van der Waals surface area contributed by atoms with Crippen molar-refractivity contribution in [1.29, 1.82) is 0 Å². The quantitative estimate of drug-likeness (QED) is 0.567. The maximum absolute atomic E-state index is 13.3. The minimum absolute atomic E-state index is 0. The number of thiazole rings is 1. The number of amides is 1. The molecule has 0 unspecified atom stereocenters. The average Bonchev–Trinajstić information content (AvgIpc) is 3.31. The number of fused-ring (bicyclic) bond motifs is 1. The van der Waals surface area contributed by atoms with Gasteiger partial charge < -0.3 is 4.90 Å². The van der Waals surface area contributed by atoms with E-state index in [9.17, 15) is 4.79 Å². The summed E-state index contributed by atoms with van der Waals surface area (Å²) in [6, 6.07) is 9.78. The zero-order valence-electron chi connectivity index (χ0n) is 16.0. The number of para-hydroxylation sites is 1. The number of nitrogens with zero attached hydrogens (tertiary/aromatic N) is 5. The lowest BCUT2D eigenvalue weighted by atomic mass is 10.3. The largest absolute Gasteiger partial charge is 0.302 e. The van der Waals surface area contributed by atoms with Gasteiger partial charge in [-0.3, -0.25) is 14.4 Å². The van der Waals surface area contributed by atoms with Crippen LogP contribution in [-0.4, -0.2) is 51.8 Å². The second-order valence-corrected chi connectivity index (χ2v) is 6.99. The SMILES string of the molecule is CCN(CC)CCN(C(=O)c1ccnn1CC)c1nc2ccccc2s1.Cl. The summed E-state index contributed by atoms with van der Waals surface area (Å²) in [5, 5.41) is 4.99. The van der Waals surface area contributed by atoms with E-state index in [4.69, 9.17) is 4.98 Å². The number of likely N-dealkylation sites (N-methyl/N-ethyl adjacent to an activating group) is 1. The molecule has 3 rings (SSSR count). The van der Waals surface area contributed by atoms with Gasteiger partial charge in [-0.15, -0.1) is 12.4 Å². The fourth-order valence-corrected chi connectivity index (χ4v) is 3.94. The van der Waals surface area contributed by atoms with Crippen molar-refractivity contribution in [3.05, 3.63) is 42.2 Å². The summed E-state index contributed by atoms with van der Waals surface area (Å²) in [5.41, 5.74) is 1.53. The second kappa shape index (κ2) is 9.82. The van der Waals surface area contributed by atoms with Gasteiger partial charge in [-0.1, -0.05) is 37.3 Å². The number of hydrogen-bond acceptors (Lipinski definition) is 5. The van der Waals surface area contributed by atoms with Gasteiger partial charge in [-0.05, 0) is 38.2 Å². The molecular formula is C19H26ClN5OS. The highest BCUT2D eigenvalue weighted by Gasteiger charge is 2.24. The lowest BCUT2D eigenvalue weighted by Gasteiger charge is -2.24. The number of benzene rings is 1. The zero-order valence-corrected chi connectivity index (χ0v) is 17.6. The van der Waals surface area contributed by atoms with Gasteiger partial charge in [0.05, 0.1) is 10.2 Å². The number of aromatic nitrogens is 3. The molecule has 0 N–H and O–H groups in total. The van der Waals surface area contributed by atoms with E-state index in [1.807, 2.05) is 31.2 Å². The first-order chi connectivity index (χ1) is 12.7. The van der Waals surface area contributed by atoms with Crippen LogP contribution in [0.2, 0.25) is 0 Å². The Morgan fingerprint density at radius 2 is 1.85 bits per heavy atom. The first-order valence-corrected chi connectivity index (χ1v) is 9.91. The van der Waals surface area contributed by atoms with Crippen LogP contribution >= 0.6 is 23.7 Å². The van der Waals surface area contributed by atoms with Crippen LogP contribution in [0.25, 0.3) is 10.2 Å². The molecule has 0 fully saturated rings. The molecule has 1 aromatic carbocycles. The van der Waals surface area contributed by atoms with E-state index < -0.39 is 0 Å². The van der Waals surface area contributed by atoms with Crippen molar-refractivity contribution in [2.24, 2.45) is 0 Å². The predicted molar refractivity (Wildman–Crippen MR) is 114 cm³/mol. The van der Waals surface area contributed by atoms with Gasteiger partial charge in [0.1, 0.15) is 5.69 Å². The monoisotopic (exact) mass is 407 g/mol. The molecule has 0 aliphatic carbocycles. The minimum Gasteiger partial charge on any atom is -0.302 e. The normalized spacial score (nSPS) is 11.0. The summed E-state index contributed by atoms with van der Waals surface area (Å²) < 4.78 is 2.83. The van der Waals surface area contributed by atoms with E-state index in [1.165, 1.54) is 0 Å². The maximum Gasteiger partial charge on any atom is 0.278 e. The Morgan fingerprint density at radius 3 is 2.52 bits per heavy atom. The van der Waals surface area contributed by atoms with Gasteiger partial charge in [0, 0.05) is 25.8 Å². The standard InChI is InChI=1S/C19H25N5OS.ClH/c1-4-22(5-2)13-14-23(18(25)16-11-12-20-24(16)6-3)19-21-15-9-7-8-10-17(15)26-19;/h7-12H,4-6,13-14H2,1-3H3;1H. The first kappa shape index (κ1) is 21.3. The lowest BCUT2D eigenvalue weighted by Crippen LogP contribution is -2.39. The van der Waals surface area contributed by atoms with E-state index in [1.54, 1.807) is 33.2 Å². The van der Waals surface area contributed by atoms with Gasteiger partial charge in [0.25, 0.3) is 5.91 Å². The van der Waals surface area contributed by atoms with Gasteiger partial charge in [-0.25, -0.2) is 4.98 Å². The van der Waals surface area contributed by atoms with Gasteiger partial charge in [0.2, 0.25) is 0 Å². The summed E-state index contributed by atoms with van der Waals surface area (Å²) in [7, 11) is 0. The molecule has 0 aliphatic rings. The van der Waals surface area contributed by atoms with Crippen LogP contribution in [0, 0.1) is 0 Å². The maximum atomic E-state index is 13.3. The van der Waals surface area contributed by atoms with Crippen molar-refractivity contribution in [3.8, 4) is 0 Å². The Kier molecular flexibility index (Phi) is 7.77. The number of anilines is 1. The van der Waals surface area contributed by atoms with E-state index in [2.05, 4.69) is 23.8 Å². The molecule has 0 radical (unpaired) electrons. The highest BCUT2D eigenvalue weighted by atomic mass is 35.5. The van der Waals surface area contributed by atoms with Gasteiger partial charge in [-0.2, -0.15) is 5.10 Å². The Hall–Kier alpha value is -1.96. The van der Waals surface area contributed by atoms with Crippen molar-refractivity contribution >= 4 is 45.0 Å². The van der Waals surface area contributed by atoms with E-state index in [-0.39, 0.29) is 18.3 Å². The zero-order chi connectivity index (χ0) is 18.5. The van der Waals surface area contributed by atoms with Crippen molar-refractivity contribution in [1.82, 2.24) is 19.7 Å². The summed E-state index contributed by atoms with van der Waals surface area (Å²) in [6.45, 7) is 10.3. The van der Waals surface area contributed by atoms with Crippen LogP contribution < -0.4 is 4.90 Å². The fraction of sp³-hybridized carbons (Fsp3) is 0.421. The van der Waals surface area contributed by atoms with Gasteiger partial charge in [0.15, 0.2) is 5.13 Å². The molecule has 0 atom stereocenters. The Balaban J connectivity index is 0.00000261. The van der Waals surface area contributed by atoms with Gasteiger partial charge >= 0.3 is 0 Å². The molecule has 1 amide bonds. The number of halogens is 1. The molecule has 2 aromatic heterocycles. The molecule has 0 spiro atoms. The van der Waals surface area contributed by atoms with Crippen LogP contribution in [0.15, 0.2) is 36.5 Å². The van der Waals surface area contributed by atoms with Crippen LogP contribution in [0.5, 0.6) is 0 Å². The summed E-state index contributed by atoms with van der Waals surface area (Å²) >= 11 is 1.56. The third-order valence-electron chi connectivity index (χ3n) is 4.53. The number of carbonyl (C=O) groups excluding carboxylic acids is 1. The van der Waals surface area contributed by atoms with Crippen molar-refractivity contribution < 1.29 is 4.79 Å². The van der Waals surface area contributed by atoms with Crippen LogP contribution in [0.3, 0.4) is 0 Å². The molecule has 27 heavy (non-hydrogen) atoms. The number of rotatable bonds is 8. The topological polar surface area (TPSA) is 54.3 Å². The van der Waals surface area contributed by atoms with Crippen LogP contribution in [0.4, 0.5) is 5.13 Å². The van der Waals surface area contributed by atoms with E-state index in [0.29, 0.717) is 18.8 Å². The number of hydrogen-bond donors (Lipinski definition) is 0. The molecule has 2 heterocycles. The molecular weight excluding hydrogens is 382 g/mol. The van der Waals surface area contributed by atoms with Crippen LogP contribution in [-0.2, 0) is 6.54 Å². The van der Waals surface area contributed by atoms with E-state index in [0.717, 1.165) is 35.0 Å². The Bertz CT molecular complexity index is 841. The molecule has 8 heteroatoms. The average molecular weight is 408 g/mol. The van der Waals surface area contributed by atoms with Crippen molar-refractivity contribution in [3.63, 3.8) is 0 Å². The highest BCUT2D eigenvalue weighted by molar-refractivity contribution is 7.22. The molecule has 0 aliphatic heterocycles. The third kappa shape index (κ3) is 4.66. The summed E-state index contributed by atoms with van der Waals surface area (Å²) in [5.74, 6) is -0.0458. The lowest BCUT2D eigenvalue weighted by molar-refractivity contribution is 0.0973. The second-order valence-electron chi connectivity index (χ2n) is 5.98. The molecule has 0 saturated heterocycles. The number of carbonyl (C=O) groups is 1. The van der Waals surface area contributed by atoms with E-state index >= 15 is 0 Å². The molecule has 0 saturated carbocycles. The molecule has 146 valence electrons. The molecule has 6 nitrogen and oxygen atoms in total. The van der Waals surface area contributed by atoms with Crippen molar-refractivity contribution in [2.75, 3.05) is 31.1 Å². The highest BCUT2D eigenvalue weighted by Crippen LogP contribution is 2.29. The molecule has 0 bridgehead atoms. The molecule has 3 aromatic rings. The Labute approximate surface area is 170 Å². The third-order valence-corrected chi connectivity index (χ3v) is 5.59. The fourth-order valence-electron chi connectivity index (χ4n) is 2.95.